The molecule has 1 aromatic carbocycles. The molecule has 0 spiro atoms. The number of nitrogens with one attached hydrogen (secondary N) is 2. The molecule has 3 heterocycles. The monoisotopic (exact) mass is 400 g/mol. The molecular weight excluding hydrogens is 385 g/mol. The lowest BCUT2D eigenvalue weighted by molar-refractivity contribution is -0.128. The molecule has 0 unspecified atom stereocenters. The lowest BCUT2D eigenvalue weighted by Gasteiger charge is -2.09. The fourth-order valence-corrected chi connectivity index (χ4v) is 2.89. The largest absolute Gasteiger partial charge is 0.396 e. The Balaban J connectivity index is 1.60. The van der Waals surface area contributed by atoms with Gasteiger partial charge in [-0.25, -0.2) is 9.50 Å². The van der Waals surface area contributed by atoms with Crippen LogP contribution in [0.5, 0.6) is 0 Å². The molecule has 0 aliphatic heterocycles. The van der Waals surface area contributed by atoms with Crippen molar-refractivity contribution < 1.29 is 18.0 Å². The van der Waals surface area contributed by atoms with Crippen LogP contribution in [0.4, 0.5) is 18.9 Å². The van der Waals surface area contributed by atoms with Crippen molar-refractivity contribution in [2.24, 2.45) is 0 Å². The number of fused-ring (bicyclic) bond motifs is 1. The molecule has 4 aromatic rings. The van der Waals surface area contributed by atoms with Gasteiger partial charge in [-0.15, -0.1) is 0 Å². The number of rotatable bonds is 4. The van der Waals surface area contributed by atoms with Crippen LogP contribution in [0.1, 0.15) is 21.7 Å². The molecule has 0 saturated carbocycles. The number of halogens is 3. The number of H-pyrrole nitrogens is 1. The number of pyridine rings is 1. The van der Waals surface area contributed by atoms with Crippen LogP contribution in [0.3, 0.4) is 0 Å². The normalized spacial score (nSPS) is 11.7. The van der Waals surface area contributed by atoms with E-state index in [-0.39, 0.29) is 17.6 Å². The van der Waals surface area contributed by atoms with E-state index in [2.05, 4.69) is 25.6 Å². The first-order chi connectivity index (χ1) is 13.8. The highest BCUT2D eigenvalue weighted by molar-refractivity contribution is 6.09. The summed E-state index contributed by atoms with van der Waals surface area (Å²) in [6.45, 7) is 1.81. The van der Waals surface area contributed by atoms with Crippen LogP contribution in [0, 0.1) is 6.92 Å². The zero-order chi connectivity index (χ0) is 20.6. The van der Waals surface area contributed by atoms with E-state index >= 15 is 0 Å². The Morgan fingerprint density at radius 3 is 2.86 bits per heavy atom. The SMILES string of the molecule is Cc1ccc(-c2n[nH]c(CC(F)(F)F)n2)cc1NC(=O)c1cnn2ccccc12. The minimum absolute atomic E-state index is 0.121. The minimum Gasteiger partial charge on any atom is -0.322 e. The maximum Gasteiger partial charge on any atom is 0.396 e. The number of carbonyl (C=O) groups excluding carboxylic acids is 1. The summed E-state index contributed by atoms with van der Waals surface area (Å²) in [6.07, 6.45) is -2.36. The number of hydrogen-bond donors (Lipinski definition) is 2. The zero-order valence-corrected chi connectivity index (χ0v) is 15.2. The molecule has 7 nitrogen and oxygen atoms in total. The Kier molecular flexibility index (Phi) is 4.53. The van der Waals surface area contributed by atoms with Crippen LogP contribution in [0.2, 0.25) is 0 Å². The van der Waals surface area contributed by atoms with Crippen molar-refractivity contribution in [2.45, 2.75) is 19.5 Å². The summed E-state index contributed by atoms with van der Waals surface area (Å²) >= 11 is 0. The Morgan fingerprint density at radius 1 is 1.24 bits per heavy atom. The number of anilines is 1. The molecule has 3 aromatic heterocycles. The molecule has 29 heavy (non-hydrogen) atoms. The van der Waals surface area contributed by atoms with Crippen molar-refractivity contribution in [2.75, 3.05) is 5.32 Å². The third-order valence-corrected chi connectivity index (χ3v) is 4.31. The Labute approximate surface area is 162 Å². The average Bonchev–Trinajstić information content (AvgIpc) is 3.29. The van der Waals surface area contributed by atoms with Crippen LogP contribution >= 0.6 is 0 Å². The predicted molar refractivity (Wildman–Crippen MR) is 99.5 cm³/mol. The van der Waals surface area contributed by atoms with Gasteiger partial charge in [0, 0.05) is 17.4 Å². The van der Waals surface area contributed by atoms with Gasteiger partial charge in [-0.2, -0.15) is 23.4 Å². The first-order valence-corrected chi connectivity index (χ1v) is 8.63. The third kappa shape index (κ3) is 3.96. The lowest BCUT2D eigenvalue weighted by atomic mass is 10.1. The smallest absolute Gasteiger partial charge is 0.322 e. The number of alkyl halides is 3. The zero-order valence-electron chi connectivity index (χ0n) is 15.2. The maximum atomic E-state index is 12.7. The van der Waals surface area contributed by atoms with E-state index in [0.717, 1.165) is 5.56 Å². The van der Waals surface area contributed by atoms with Gasteiger partial charge in [0.25, 0.3) is 5.91 Å². The number of aromatic nitrogens is 5. The Bertz CT molecular complexity index is 1190. The molecule has 0 fully saturated rings. The Hall–Kier alpha value is -3.69. The van der Waals surface area contributed by atoms with Gasteiger partial charge in [0.15, 0.2) is 5.82 Å². The molecule has 1 amide bonds. The lowest BCUT2D eigenvalue weighted by Crippen LogP contribution is -2.13. The summed E-state index contributed by atoms with van der Waals surface area (Å²) in [5.41, 5.74) is 2.83. The van der Waals surface area contributed by atoms with Crippen molar-refractivity contribution in [3.8, 4) is 11.4 Å². The summed E-state index contributed by atoms with van der Waals surface area (Å²) in [5.74, 6) is -0.500. The van der Waals surface area contributed by atoms with E-state index in [1.807, 2.05) is 6.92 Å². The standard InChI is InChI=1S/C19H15F3N6O/c1-11-5-6-12(17-25-16(26-27-17)9-19(20,21)22)8-14(11)24-18(29)13-10-23-28-7-3-2-4-15(13)28/h2-8,10H,9H2,1H3,(H,24,29)(H,25,26,27). The molecule has 0 saturated heterocycles. The second-order valence-electron chi connectivity index (χ2n) is 6.47. The highest BCUT2D eigenvalue weighted by atomic mass is 19.4. The molecule has 0 radical (unpaired) electrons. The van der Waals surface area contributed by atoms with Crippen LogP contribution < -0.4 is 5.32 Å². The molecule has 148 valence electrons. The summed E-state index contributed by atoms with van der Waals surface area (Å²) in [6, 6.07) is 10.4. The summed E-state index contributed by atoms with van der Waals surface area (Å²) in [7, 11) is 0. The number of aryl methyl sites for hydroxylation is 1. The van der Waals surface area contributed by atoms with Gasteiger partial charge in [-0.05, 0) is 30.7 Å². The topological polar surface area (TPSA) is 88.0 Å². The van der Waals surface area contributed by atoms with Crippen LogP contribution in [-0.2, 0) is 6.42 Å². The average molecular weight is 400 g/mol. The summed E-state index contributed by atoms with van der Waals surface area (Å²) in [4.78, 5) is 16.6. The van der Waals surface area contributed by atoms with Crippen molar-refractivity contribution >= 4 is 17.1 Å². The van der Waals surface area contributed by atoms with E-state index < -0.39 is 12.6 Å². The first-order valence-electron chi connectivity index (χ1n) is 8.63. The fraction of sp³-hybridized carbons (Fsp3) is 0.158. The highest BCUT2D eigenvalue weighted by Crippen LogP contribution is 2.25. The highest BCUT2D eigenvalue weighted by Gasteiger charge is 2.29. The molecule has 0 aliphatic carbocycles. The van der Waals surface area contributed by atoms with Gasteiger partial charge in [0.1, 0.15) is 12.2 Å². The number of carbonyl (C=O) groups is 1. The van der Waals surface area contributed by atoms with Crippen molar-refractivity contribution in [3.05, 3.63) is 65.7 Å². The number of aromatic amines is 1. The maximum absolute atomic E-state index is 12.7. The minimum atomic E-state index is -4.38. The van der Waals surface area contributed by atoms with Gasteiger partial charge in [-0.3, -0.25) is 9.89 Å². The number of hydrogen-bond acceptors (Lipinski definition) is 4. The van der Waals surface area contributed by atoms with Crippen molar-refractivity contribution in [1.82, 2.24) is 24.8 Å². The Morgan fingerprint density at radius 2 is 2.07 bits per heavy atom. The summed E-state index contributed by atoms with van der Waals surface area (Å²) in [5, 5.41) is 13.1. The number of nitrogens with zero attached hydrogens (tertiary/aromatic N) is 4. The molecule has 0 aliphatic rings. The first kappa shape index (κ1) is 18.7. The molecule has 0 bridgehead atoms. The third-order valence-electron chi connectivity index (χ3n) is 4.31. The van der Waals surface area contributed by atoms with Crippen molar-refractivity contribution in [3.63, 3.8) is 0 Å². The molecule has 2 N–H and O–H groups in total. The van der Waals surface area contributed by atoms with Gasteiger partial charge >= 0.3 is 6.18 Å². The van der Waals surface area contributed by atoms with E-state index in [0.29, 0.717) is 22.3 Å². The summed E-state index contributed by atoms with van der Waals surface area (Å²) < 4.78 is 39.1. The van der Waals surface area contributed by atoms with Crippen LogP contribution in [0.25, 0.3) is 16.9 Å². The quantitative estimate of drug-likeness (QED) is 0.546. The molecular formula is C19H15F3N6O. The second-order valence-corrected chi connectivity index (χ2v) is 6.47. The van der Waals surface area contributed by atoms with E-state index in [9.17, 15) is 18.0 Å². The predicted octanol–water partition coefficient (Wildman–Crippen LogP) is 3.78. The van der Waals surface area contributed by atoms with Gasteiger partial charge in [0.05, 0.1) is 17.3 Å². The van der Waals surface area contributed by atoms with Crippen molar-refractivity contribution in [1.29, 1.82) is 0 Å². The van der Waals surface area contributed by atoms with Gasteiger partial charge in [0.2, 0.25) is 0 Å². The van der Waals surface area contributed by atoms with Gasteiger partial charge < -0.3 is 5.32 Å². The van der Waals surface area contributed by atoms with Crippen LogP contribution in [-0.4, -0.2) is 36.9 Å². The van der Waals surface area contributed by atoms with E-state index in [4.69, 9.17) is 0 Å². The number of amides is 1. The molecule has 4 rings (SSSR count). The number of benzene rings is 1. The second kappa shape index (κ2) is 7.04. The molecule has 0 atom stereocenters. The van der Waals surface area contributed by atoms with Gasteiger partial charge in [-0.1, -0.05) is 18.2 Å². The van der Waals surface area contributed by atoms with E-state index in [1.54, 1.807) is 47.1 Å². The van der Waals surface area contributed by atoms with Crippen LogP contribution in [0.15, 0.2) is 48.8 Å². The fourth-order valence-electron chi connectivity index (χ4n) is 2.89. The molecule has 10 heteroatoms. The van der Waals surface area contributed by atoms with E-state index in [1.165, 1.54) is 6.20 Å².